The van der Waals surface area contributed by atoms with Crippen LogP contribution in [0.5, 0.6) is 0 Å². The number of benzene rings is 1. The van der Waals surface area contributed by atoms with E-state index < -0.39 is 5.82 Å². The number of anilines is 3. The fourth-order valence-electron chi connectivity index (χ4n) is 4.95. The molecule has 36 heavy (non-hydrogen) atoms. The Labute approximate surface area is 211 Å². The first kappa shape index (κ1) is 24.5. The molecule has 0 saturated carbocycles. The van der Waals surface area contributed by atoms with E-state index in [0.717, 1.165) is 63.1 Å². The summed E-state index contributed by atoms with van der Waals surface area (Å²) in [7, 11) is 2.14. The summed E-state index contributed by atoms with van der Waals surface area (Å²) in [6, 6.07) is 7.34. The van der Waals surface area contributed by atoms with E-state index in [0.29, 0.717) is 23.4 Å². The van der Waals surface area contributed by atoms with E-state index in [1.807, 2.05) is 24.4 Å². The summed E-state index contributed by atoms with van der Waals surface area (Å²) in [4.78, 5) is 19.9. The molecule has 5 rings (SSSR count). The van der Waals surface area contributed by atoms with E-state index in [1.165, 1.54) is 6.07 Å². The third kappa shape index (κ3) is 5.32. The van der Waals surface area contributed by atoms with Crippen LogP contribution >= 0.6 is 0 Å². The van der Waals surface area contributed by atoms with Crippen molar-refractivity contribution in [3.63, 3.8) is 0 Å². The molecule has 0 radical (unpaired) electrons. The zero-order chi connectivity index (χ0) is 25.2. The Morgan fingerprint density at radius 3 is 2.50 bits per heavy atom. The maximum absolute atomic E-state index is 15.0. The maximum Gasteiger partial charge on any atom is 0.229 e. The zero-order valence-corrected chi connectivity index (χ0v) is 21.1. The second-order valence-electron chi connectivity index (χ2n) is 9.99. The number of nitrogens with one attached hydrogen (secondary N) is 1. The molecule has 4 heterocycles. The number of hydrogen-bond donors (Lipinski definition) is 1. The highest BCUT2D eigenvalue weighted by Gasteiger charge is 2.24. The molecule has 2 aliphatic heterocycles. The second kappa shape index (κ2) is 10.4. The number of piperazine rings is 1. The summed E-state index contributed by atoms with van der Waals surface area (Å²) >= 11 is 0. The average molecular weight is 494 g/mol. The molecule has 190 valence electrons. The van der Waals surface area contributed by atoms with Crippen molar-refractivity contribution in [3.8, 4) is 11.3 Å². The Morgan fingerprint density at radius 2 is 1.78 bits per heavy atom. The molecule has 0 aliphatic carbocycles. The molecule has 9 heteroatoms. The van der Waals surface area contributed by atoms with E-state index in [1.54, 1.807) is 0 Å². The topological polar surface area (TPSA) is 60.4 Å². The van der Waals surface area contributed by atoms with Crippen LogP contribution in [0.1, 0.15) is 31.4 Å². The van der Waals surface area contributed by atoms with E-state index >= 15 is 4.39 Å². The second-order valence-corrected chi connectivity index (χ2v) is 9.99. The Hall–Kier alpha value is -3.17. The van der Waals surface area contributed by atoms with Crippen LogP contribution in [0.4, 0.5) is 26.2 Å². The summed E-state index contributed by atoms with van der Waals surface area (Å²) in [6.07, 6.45) is 4.53. The summed E-state index contributed by atoms with van der Waals surface area (Å²) in [5, 5.41) is 3.06. The predicted octanol–water partition coefficient (Wildman–Crippen LogP) is 4.47. The van der Waals surface area contributed by atoms with Crippen molar-refractivity contribution in [1.29, 1.82) is 0 Å². The molecule has 1 saturated heterocycles. The SMILES string of the molecule is CC(C)N1CCCc2c(F)cc(-c3nc(Nc4ccc(CN5CCN(C)CC5)cn4)ncc3F)cc21. The van der Waals surface area contributed by atoms with Crippen molar-refractivity contribution in [1.82, 2.24) is 24.8 Å². The van der Waals surface area contributed by atoms with Gasteiger partial charge in [-0.1, -0.05) is 6.07 Å². The lowest BCUT2D eigenvalue weighted by atomic mass is 9.96. The minimum atomic E-state index is -0.595. The number of halogens is 2. The number of rotatable bonds is 6. The molecule has 2 aliphatic rings. The minimum absolute atomic E-state index is 0.0650. The quantitative estimate of drug-likeness (QED) is 0.544. The van der Waals surface area contributed by atoms with Gasteiger partial charge in [0.15, 0.2) is 5.82 Å². The molecule has 1 fully saturated rings. The van der Waals surface area contributed by atoms with Gasteiger partial charge >= 0.3 is 0 Å². The molecule has 1 N–H and O–H groups in total. The first-order valence-electron chi connectivity index (χ1n) is 12.6. The van der Waals surface area contributed by atoms with Crippen molar-refractivity contribution < 1.29 is 8.78 Å². The van der Waals surface area contributed by atoms with Gasteiger partial charge in [-0.05, 0) is 57.5 Å². The Balaban J connectivity index is 1.34. The first-order valence-corrected chi connectivity index (χ1v) is 12.6. The highest BCUT2D eigenvalue weighted by molar-refractivity contribution is 5.71. The van der Waals surface area contributed by atoms with Crippen LogP contribution in [0, 0.1) is 11.6 Å². The Bertz CT molecular complexity index is 1210. The average Bonchev–Trinajstić information content (AvgIpc) is 2.87. The lowest BCUT2D eigenvalue weighted by molar-refractivity contribution is 0.148. The number of fused-ring (bicyclic) bond motifs is 1. The summed E-state index contributed by atoms with van der Waals surface area (Å²) in [5.41, 5.74) is 3.10. The van der Waals surface area contributed by atoms with Crippen molar-refractivity contribution in [3.05, 3.63) is 59.4 Å². The third-order valence-corrected chi connectivity index (χ3v) is 7.01. The summed E-state index contributed by atoms with van der Waals surface area (Å²) in [5.74, 6) is -0.137. The lowest BCUT2D eigenvalue weighted by Gasteiger charge is -2.35. The molecule has 2 aromatic heterocycles. The highest BCUT2D eigenvalue weighted by Crippen LogP contribution is 2.35. The molecular formula is C27H33F2N7. The maximum atomic E-state index is 15.0. The van der Waals surface area contributed by atoms with Crippen LogP contribution in [0.15, 0.2) is 36.7 Å². The standard InChI is InChI=1S/C27H33F2N7/c1-18(2)36-8-4-5-21-22(28)13-20(14-24(21)36)26-23(29)16-31-27(33-26)32-25-7-6-19(15-30-25)17-35-11-9-34(3)10-12-35/h6-7,13-16,18H,4-5,8-12,17H2,1-3H3,(H,30,31,32,33). The molecule has 0 bridgehead atoms. The van der Waals surface area contributed by atoms with Gasteiger partial charge in [0.2, 0.25) is 5.95 Å². The van der Waals surface area contributed by atoms with E-state index in [4.69, 9.17) is 0 Å². The number of aromatic nitrogens is 3. The van der Waals surface area contributed by atoms with Crippen molar-refractivity contribution >= 4 is 17.5 Å². The molecule has 7 nitrogen and oxygen atoms in total. The van der Waals surface area contributed by atoms with Crippen LogP contribution < -0.4 is 10.2 Å². The molecule has 3 aromatic rings. The molecule has 0 amide bonds. The van der Waals surface area contributed by atoms with Gasteiger partial charge in [-0.15, -0.1) is 0 Å². The zero-order valence-electron chi connectivity index (χ0n) is 21.1. The first-order chi connectivity index (χ1) is 17.4. The van der Waals surface area contributed by atoms with Gasteiger partial charge in [0.05, 0.1) is 6.20 Å². The molecular weight excluding hydrogens is 460 g/mol. The van der Waals surface area contributed by atoms with Crippen LogP contribution in [0.2, 0.25) is 0 Å². The van der Waals surface area contributed by atoms with Gasteiger partial charge < -0.3 is 15.1 Å². The van der Waals surface area contributed by atoms with Gasteiger partial charge in [-0.25, -0.2) is 23.7 Å². The normalized spacial score (nSPS) is 16.9. The predicted molar refractivity (Wildman–Crippen MR) is 138 cm³/mol. The van der Waals surface area contributed by atoms with Crippen LogP contribution in [0.25, 0.3) is 11.3 Å². The fourth-order valence-corrected chi connectivity index (χ4v) is 4.95. The van der Waals surface area contributed by atoms with Crippen LogP contribution in [-0.4, -0.2) is 70.6 Å². The van der Waals surface area contributed by atoms with Gasteiger partial charge in [0.25, 0.3) is 0 Å². The number of pyridine rings is 1. The number of likely N-dealkylation sites (N-methyl/N-ethyl adjacent to an activating group) is 1. The van der Waals surface area contributed by atoms with Gasteiger partial charge in [0.1, 0.15) is 17.3 Å². The van der Waals surface area contributed by atoms with Gasteiger partial charge in [-0.3, -0.25) is 4.90 Å². The molecule has 0 unspecified atom stereocenters. The van der Waals surface area contributed by atoms with E-state index in [-0.39, 0.29) is 23.5 Å². The minimum Gasteiger partial charge on any atom is -0.369 e. The van der Waals surface area contributed by atoms with Gasteiger partial charge in [0, 0.05) is 68.3 Å². The summed E-state index contributed by atoms with van der Waals surface area (Å²) in [6.45, 7) is 10.1. The summed E-state index contributed by atoms with van der Waals surface area (Å²) < 4.78 is 29.8. The van der Waals surface area contributed by atoms with E-state index in [9.17, 15) is 4.39 Å². The smallest absolute Gasteiger partial charge is 0.229 e. The monoisotopic (exact) mass is 493 g/mol. The molecule has 1 aromatic carbocycles. The number of hydrogen-bond acceptors (Lipinski definition) is 7. The lowest BCUT2D eigenvalue weighted by Crippen LogP contribution is -2.43. The van der Waals surface area contributed by atoms with Crippen molar-refractivity contribution in [2.75, 3.05) is 50.0 Å². The fraction of sp³-hybridized carbons (Fsp3) is 0.444. The van der Waals surface area contributed by atoms with Crippen molar-refractivity contribution in [2.45, 2.75) is 39.3 Å². The van der Waals surface area contributed by atoms with E-state index in [2.05, 4.69) is 55.9 Å². The Morgan fingerprint density at radius 1 is 0.972 bits per heavy atom. The number of nitrogens with zero attached hydrogens (tertiary/aromatic N) is 6. The van der Waals surface area contributed by atoms with Crippen LogP contribution in [-0.2, 0) is 13.0 Å². The third-order valence-electron chi connectivity index (χ3n) is 7.01. The van der Waals surface area contributed by atoms with Gasteiger partial charge in [-0.2, -0.15) is 0 Å². The molecule has 0 spiro atoms. The Kier molecular flexibility index (Phi) is 7.11. The molecule has 0 atom stereocenters. The van der Waals surface area contributed by atoms with Crippen molar-refractivity contribution in [2.24, 2.45) is 0 Å². The largest absolute Gasteiger partial charge is 0.369 e. The highest BCUT2D eigenvalue weighted by atomic mass is 19.1. The van der Waals surface area contributed by atoms with Crippen LogP contribution in [0.3, 0.4) is 0 Å².